The highest BCUT2D eigenvalue weighted by Crippen LogP contribution is 2.17. The summed E-state index contributed by atoms with van der Waals surface area (Å²) in [5, 5.41) is 15.3. The van der Waals surface area contributed by atoms with Crippen LogP contribution >= 0.6 is 0 Å². The second-order valence-corrected chi connectivity index (χ2v) is 5.88. The third kappa shape index (κ3) is 5.02. The van der Waals surface area contributed by atoms with E-state index >= 15 is 0 Å². The van der Waals surface area contributed by atoms with E-state index < -0.39 is 6.10 Å². The molecule has 1 fully saturated rings. The molecule has 0 radical (unpaired) electrons. The van der Waals surface area contributed by atoms with Gasteiger partial charge in [0, 0.05) is 12.2 Å². The average molecular weight is 291 g/mol. The maximum absolute atomic E-state index is 11.9. The largest absolute Gasteiger partial charge is 0.389 e. The number of carbonyl (C=O) groups excluding carboxylic acids is 1. The first-order chi connectivity index (χ1) is 10.0. The Bertz CT molecular complexity index is 468. The number of benzene rings is 1. The highest BCUT2D eigenvalue weighted by molar-refractivity contribution is 5.89. The van der Waals surface area contributed by atoms with Gasteiger partial charge in [-0.25, -0.2) is 4.79 Å². The molecule has 1 unspecified atom stereocenters. The molecule has 21 heavy (non-hydrogen) atoms. The molecule has 1 heterocycles. The molecule has 1 atom stereocenters. The summed E-state index contributed by atoms with van der Waals surface area (Å²) >= 11 is 0. The minimum atomic E-state index is -0.533. The Morgan fingerprint density at radius 1 is 1.43 bits per heavy atom. The molecule has 0 bridgehead atoms. The van der Waals surface area contributed by atoms with Gasteiger partial charge in [-0.1, -0.05) is 12.1 Å². The van der Waals surface area contributed by atoms with Crippen molar-refractivity contribution in [3.05, 3.63) is 29.8 Å². The topological polar surface area (TPSA) is 64.6 Å². The molecule has 2 amide bonds. The first kappa shape index (κ1) is 15.8. The molecule has 5 nitrogen and oxygen atoms in total. The van der Waals surface area contributed by atoms with Gasteiger partial charge in [-0.3, -0.25) is 0 Å². The molecular weight excluding hydrogens is 266 g/mol. The molecule has 2 rings (SSSR count). The van der Waals surface area contributed by atoms with E-state index in [0.29, 0.717) is 11.6 Å². The van der Waals surface area contributed by atoms with Gasteiger partial charge in [0.2, 0.25) is 0 Å². The Morgan fingerprint density at radius 3 is 2.81 bits per heavy atom. The zero-order valence-electron chi connectivity index (χ0n) is 12.8. The summed E-state index contributed by atoms with van der Waals surface area (Å²) in [6.07, 6.45) is 1.73. The van der Waals surface area contributed by atoms with E-state index in [1.165, 1.54) is 0 Å². The van der Waals surface area contributed by atoms with Gasteiger partial charge in [0.1, 0.15) is 0 Å². The summed E-state index contributed by atoms with van der Waals surface area (Å²) in [5.41, 5.74) is 1.50. The van der Waals surface area contributed by atoms with E-state index in [-0.39, 0.29) is 6.03 Å². The summed E-state index contributed by atoms with van der Waals surface area (Å²) in [5.74, 6) is 0.566. The number of urea groups is 1. The van der Waals surface area contributed by atoms with Gasteiger partial charge in [-0.2, -0.15) is 0 Å². The lowest BCUT2D eigenvalue weighted by Crippen LogP contribution is -2.38. The summed E-state index contributed by atoms with van der Waals surface area (Å²) in [6.45, 7) is 4.63. The van der Waals surface area contributed by atoms with E-state index in [9.17, 15) is 9.90 Å². The second kappa shape index (κ2) is 7.43. The van der Waals surface area contributed by atoms with Gasteiger partial charge in [0.25, 0.3) is 0 Å². The monoisotopic (exact) mass is 291 g/mol. The number of aliphatic hydroxyl groups excluding tert-OH is 1. The first-order valence-corrected chi connectivity index (χ1v) is 7.56. The number of piperidine rings is 1. The molecule has 5 heteroatoms. The van der Waals surface area contributed by atoms with E-state index in [2.05, 4.69) is 22.6 Å². The van der Waals surface area contributed by atoms with E-state index in [4.69, 9.17) is 0 Å². The number of anilines is 1. The molecule has 1 aromatic carbocycles. The van der Waals surface area contributed by atoms with Gasteiger partial charge in [-0.05, 0) is 63.5 Å². The van der Waals surface area contributed by atoms with Crippen LogP contribution in [0.25, 0.3) is 0 Å². The third-order valence-corrected chi connectivity index (χ3v) is 4.02. The van der Waals surface area contributed by atoms with Crippen LogP contribution in [0.3, 0.4) is 0 Å². The Hall–Kier alpha value is -1.59. The van der Waals surface area contributed by atoms with Crippen molar-refractivity contribution in [1.82, 2.24) is 10.2 Å². The highest BCUT2D eigenvalue weighted by atomic mass is 16.3. The van der Waals surface area contributed by atoms with Crippen molar-refractivity contribution in [3.63, 3.8) is 0 Å². The number of rotatable bonds is 4. The van der Waals surface area contributed by atoms with Crippen molar-refractivity contribution in [2.24, 2.45) is 5.92 Å². The first-order valence-electron chi connectivity index (χ1n) is 7.56. The molecule has 0 aromatic heterocycles. The summed E-state index contributed by atoms with van der Waals surface area (Å²) in [6, 6.07) is 7.10. The van der Waals surface area contributed by atoms with Crippen LogP contribution in [-0.2, 0) is 0 Å². The van der Waals surface area contributed by atoms with E-state index in [1.54, 1.807) is 13.0 Å². The number of likely N-dealkylation sites (tertiary alicyclic amines) is 1. The Balaban J connectivity index is 1.78. The van der Waals surface area contributed by atoms with Crippen LogP contribution in [0.15, 0.2) is 24.3 Å². The summed E-state index contributed by atoms with van der Waals surface area (Å²) in [4.78, 5) is 14.2. The molecular formula is C16H25N3O2. The maximum atomic E-state index is 11.9. The van der Waals surface area contributed by atoms with E-state index in [1.807, 2.05) is 18.2 Å². The minimum absolute atomic E-state index is 0.184. The van der Waals surface area contributed by atoms with Crippen molar-refractivity contribution in [1.29, 1.82) is 0 Å². The lowest BCUT2D eigenvalue weighted by Gasteiger charge is -2.28. The smallest absolute Gasteiger partial charge is 0.319 e. The number of carbonyl (C=O) groups is 1. The number of amides is 2. The van der Waals surface area contributed by atoms with Crippen LogP contribution in [0.1, 0.15) is 31.4 Å². The van der Waals surface area contributed by atoms with Crippen LogP contribution in [0.2, 0.25) is 0 Å². The lowest BCUT2D eigenvalue weighted by molar-refractivity contribution is 0.199. The van der Waals surface area contributed by atoms with Crippen LogP contribution in [-0.4, -0.2) is 42.7 Å². The molecule has 0 aliphatic carbocycles. The van der Waals surface area contributed by atoms with Crippen LogP contribution in [0.4, 0.5) is 10.5 Å². The van der Waals surface area contributed by atoms with Crippen molar-refractivity contribution in [3.8, 4) is 0 Å². The number of nitrogens with zero attached hydrogens (tertiary/aromatic N) is 1. The normalized spacial score (nSPS) is 18.2. The molecule has 1 aliphatic rings. The summed E-state index contributed by atoms with van der Waals surface area (Å²) in [7, 11) is 2.13. The van der Waals surface area contributed by atoms with Crippen molar-refractivity contribution in [2.75, 3.05) is 32.0 Å². The number of hydrogen-bond donors (Lipinski definition) is 3. The Morgan fingerprint density at radius 2 is 2.14 bits per heavy atom. The van der Waals surface area contributed by atoms with Crippen LogP contribution < -0.4 is 10.6 Å². The zero-order valence-corrected chi connectivity index (χ0v) is 12.8. The quantitative estimate of drug-likeness (QED) is 0.797. The molecule has 1 saturated heterocycles. The standard InChI is InChI=1S/C16H25N3O2/c1-12(20)14-4-3-5-15(10-14)18-16(21)17-11-13-6-8-19(2)9-7-13/h3-5,10,12-13,20H,6-9,11H2,1-2H3,(H2,17,18,21). The second-order valence-electron chi connectivity index (χ2n) is 5.88. The Kier molecular flexibility index (Phi) is 5.59. The fraction of sp³-hybridized carbons (Fsp3) is 0.562. The lowest BCUT2D eigenvalue weighted by atomic mass is 9.97. The molecule has 1 aromatic rings. The molecule has 1 aliphatic heterocycles. The van der Waals surface area contributed by atoms with Gasteiger partial charge >= 0.3 is 6.03 Å². The molecule has 0 spiro atoms. The highest BCUT2D eigenvalue weighted by Gasteiger charge is 2.17. The van der Waals surface area contributed by atoms with Gasteiger partial charge < -0.3 is 20.6 Å². The van der Waals surface area contributed by atoms with Gasteiger partial charge in [0.15, 0.2) is 0 Å². The molecule has 3 N–H and O–H groups in total. The Labute approximate surface area is 126 Å². The van der Waals surface area contributed by atoms with Gasteiger partial charge in [0.05, 0.1) is 6.10 Å². The van der Waals surface area contributed by atoms with Crippen molar-refractivity contribution in [2.45, 2.75) is 25.9 Å². The van der Waals surface area contributed by atoms with Crippen LogP contribution in [0, 0.1) is 5.92 Å². The fourth-order valence-corrected chi connectivity index (χ4v) is 2.55. The average Bonchev–Trinajstić information content (AvgIpc) is 2.47. The molecule has 0 saturated carbocycles. The predicted octanol–water partition coefficient (Wildman–Crippen LogP) is 2.20. The molecule has 116 valence electrons. The fourth-order valence-electron chi connectivity index (χ4n) is 2.55. The number of aliphatic hydroxyl groups is 1. The SMILES string of the molecule is CC(O)c1cccc(NC(=O)NCC2CCN(C)CC2)c1. The minimum Gasteiger partial charge on any atom is -0.389 e. The third-order valence-electron chi connectivity index (χ3n) is 4.02. The number of nitrogens with one attached hydrogen (secondary N) is 2. The number of hydrogen-bond acceptors (Lipinski definition) is 3. The van der Waals surface area contributed by atoms with Gasteiger partial charge in [-0.15, -0.1) is 0 Å². The van der Waals surface area contributed by atoms with Crippen molar-refractivity contribution < 1.29 is 9.90 Å². The van der Waals surface area contributed by atoms with Crippen molar-refractivity contribution >= 4 is 11.7 Å². The zero-order chi connectivity index (χ0) is 15.2. The predicted molar refractivity (Wildman–Crippen MR) is 84.3 cm³/mol. The van der Waals surface area contributed by atoms with Crippen LogP contribution in [0.5, 0.6) is 0 Å². The summed E-state index contributed by atoms with van der Waals surface area (Å²) < 4.78 is 0. The maximum Gasteiger partial charge on any atom is 0.319 e. The van der Waals surface area contributed by atoms with E-state index in [0.717, 1.165) is 38.0 Å².